The summed E-state index contributed by atoms with van der Waals surface area (Å²) < 4.78 is 25.1. The lowest BCUT2D eigenvalue weighted by Crippen LogP contribution is -2.32. The summed E-state index contributed by atoms with van der Waals surface area (Å²) in [5.41, 5.74) is 0. The summed E-state index contributed by atoms with van der Waals surface area (Å²) in [4.78, 5) is 0. The Morgan fingerprint density at radius 3 is 2.31 bits per heavy atom. The highest BCUT2D eigenvalue weighted by Gasteiger charge is 2.13. The minimum atomic E-state index is -3.12. The van der Waals surface area contributed by atoms with Gasteiger partial charge in [-0.15, -0.1) is 11.6 Å². The number of hydrogen-bond donors (Lipinski definition) is 1. The molecule has 13 heavy (non-hydrogen) atoms. The standard InChI is InChI=1S/C8H18ClNO2S/c1-4-8(9)5-10-13(11,12)6-7(2)3/h7-8,10H,4-6H2,1-3H3. The van der Waals surface area contributed by atoms with Gasteiger partial charge in [0.1, 0.15) is 0 Å². The van der Waals surface area contributed by atoms with E-state index in [4.69, 9.17) is 11.6 Å². The molecule has 0 saturated carbocycles. The Balaban J connectivity index is 3.90. The van der Waals surface area contributed by atoms with Crippen molar-refractivity contribution in [3.8, 4) is 0 Å². The van der Waals surface area contributed by atoms with Crippen LogP contribution in [0.5, 0.6) is 0 Å². The fourth-order valence-electron chi connectivity index (χ4n) is 0.859. The summed E-state index contributed by atoms with van der Waals surface area (Å²) in [6.45, 7) is 6.00. The van der Waals surface area contributed by atoms with Crippen LogP contribution in [-0.4, -0.2) is 26.1 Å². The van der Waals surface area contributed by atoms with Crippen LogP contribution in [0.2, 0.25) is 0 Å². The van der Waals surface area contributed by atoms with Gasteiger partial charge in [-0.25, -0.2) is 13.1 Å². The zero-order chi connectivity index (χ0) is 10.5. The zero-order valence-electron chi connectivity index (χ0n) is 8.38. The van der Waals surface area contributed by atoms with Crippen molar-refractivity contribution in [2.75, 3.05) is 12.3 Å². The van der Waals surface area contributed by atoms with E-state index in [1.54, 1.807) is 0 Å². The van der Waals surface area contributed by atoms with Crippen LogP contribution >= 0.6 is 11.6 Å². The van der Waals surface area contributed by atoms with Crippen molar-refractivity contribution < 1.29 is 8.42 Å². The van der Waals surface area contributed by atoms with Crippen LogP contribution < -0.4 is 4.72 Å². The number of halogens is 1. The van der Waals surface area contributed by atoms with Crippen LogP contribution in [0.25, 0.3) is 0 Å². The fraction of sp³-hybridized carbons (Fsp3) is 1.00. The predicted octanol–water partition coefficient (Wildman–Crippen LogP) is 1.58. The van der Waals surface area contributed by atoms with E-state index in [2.05, 4.69) is 4.72 Å². The molecular weight excluding hydrogens is 210 g/mol. The monoisotopic (exact) mass is 227 g/mol. The second-order valence-corrected chi connectivity index (χ2v) is 6.00. The Morgan fingerprint density at radius 2 is 1.92 bits per heavy atom. The first-order chi connectivity index (χ1) is 5.87. The number of rotatable bonds is 6. The van der Waals surface area contributed by atoms with E-state index in [-0.39, 0.29) is 17.0 Å². The van der Waals surface area contributed by atoms with E-state index in [9.17, 15) is 8.42 Å². The quantitative estimate of drug-likeness (QED) is 0.701. The van der Waals surface area contributed by atoms with Gasteiger partial charge in [-0.1, -0.05) is 20.8 Å². The largest absolute Gasteiger partial charge is 0.214 e. The molecule has 0 aromatic rings. The molecule has 80 valence electrons. The van der Waals surface area contributed by atoms with Crippen LogP contribution in [0.1, 0.15) is 27.2 Å². The Hall–Kier alpha value is 0.200. The maximum absolute atomic E-state index is 11.3. The summed E-state index contributed by atoms with van der Waals surface area (Å²) in [6, 6.07) is 0. The average Bonchev–Trinajstić information content (AvgIpc) is 1.98. The van der Waals surface area contributed by atoms with Crippen molar-refractivity contribution in [3.05, 3.63) is 0 Å². The van der Waals surface area contributed by atoms with Crippen LogP contribution in [0, 0.1) is 5.92 Å². The first kappa shape index (κ1) is 13.2. The lowest BCUT2D eigenvalue weighted by Gasteiger charge is -2.10. The molecule has 1 N–H and O–H groups in total. The van der Waals surface area contributed by atoms with Crippen LogP contribution in [0.4, 0.5) is 0 Å². The molecule has 0 amide bonds. The van der Waals surface area contributed by atoms with Crippen molar-refractivity contribution in [1.82, 2.24) is 4.72 Å². The molecule has 0 rings (SSSR count). The summed E-state index contributed by atoms with van der Waals surface area (Å²) >= 11 is 5.78. The molecule has 0 aromatic carbocycles. The Kier molecular flexibility index (Phi) is 5.92. The van der Waals surface area contributed by atoms with Gasteiger partial charge in [0.15, 0.2) is 0 Å². The highest BCUT2D eigenvalue weighted by Crippen LogP contribution is 2.01. The molecule has 0 saturated heterocycles. The Labute approximate surface area is 85.9 Å². The lowest BCUT2D eigenvalue weighted by molar-refractivity contribution is 0.566. The third-order valence-electron chi connectivity index (χ3n) is 1.52. The van der Waals surface area contributed by atoms with E-state index in [1.165, 1.54) is 0 Å². The molecule has 0 aliphatic carbocycles. The van der Waals surface area contributed by atoms with E-state index in [1.807, 2.05) is 20.8 Å². The maximum Gasteiger partial charge on any atom is 0.211 e. The van der Waals surface area contributed by atoms with E-state index in [0.717, 1.165) is 6.42 Å². The van der Waals surface area contributed by atoms with Crippen LogP contribution in [0.3, 0.4) is 0 Å². The molecule has 0 radical (unpaired) electrons. The molecule has 0 heterocycles. The predicted molar refractivity (Wildman–Crippen MR) is 56.6 cm³/mol. The van der Waals surface area contributed by atoms with Gasteiger partial charge in [-0.2, -0.15) is 0 Å². The summed E-state index contributed by atoms with van der Waals surface area (Å²) in [5, 5.41) is -0.109. The van der Waals surface area contributed by atoms with Crippen LogP contribution in [-0.2, 0) is 10.0 Å². The number of sulfonamides is 1. The summed E-state index contributed by atoms with van der Waals surface area (Å²) in [6.07, 6.45) is 0.770. The Morgan fingerprint density at radius 1 is 1.38 bits per heavy atom. The van der Waals surface area contributed by atoms with Gasteiger partial charge >= 0.3 is 0 Å². The molecule has 0 fully saturated rings. The molecule has 0 spiro atoms. The molecule has 1 atom stereocenters. The van der Waals surface area contributed by atoms with Gasteiger partial charge < -0.3 is 0 Å². The van der Waals surface area contributed by atoms with Gasteiger partial charge in [-0.3, -0.25) is 0 Å². The average molecular weight is 228 g/mol. The van der Waals surface area contributed by atoms with Crippen molar-refractivity contribution in [1.29, 1.82) is 0 Å². The second-order valence-electron chi connectivity index (χ2n) is 3.53. The SMILES string of the molecule is CCC(Cl)CNS(=O)(=O)CC(C)C. The number of alkyl halides is 1. The molecule has 0 aromatic heterocycles. The van der Waals surface area contributed by atoms with Crippen LogP contribution in [0.15, 0.2) is 0 Å². The van der Waals surface area contributed by atoms with E-state index < -0.39 is 10.0 Å². The molecule has 0 bridgehead atoms. The van der Waals surface area contributed by atoms with Crippen molar-refractivity contribution >= 4 is 21.6 Å². The topological polar surface area (TPSA) is 46.2 Å². The second kappa shape index (κ2) is 5.83. The smallest absolute Gasteiger partial charge is 0.211 e. The van der Waals surface area contributed by atoms with Crippen molar-refractivity contribution in [3.63, 3.8) is 0 Å². The van der Waals surface area contributed by atoms with Gasteiger partial charge in [0.05, 0.1) is 5.75 Å². The minimum absolute atomic E-state index is 0.109. The van der Waals surface area contributed by atoms with Gasteiger partial charge in [0.25, 0.3) is 0 Å². The molecule has 0 aliphatic heterocycles. The first-order valence-corrected chi connectivity index (χ1v) is 6.57. The van der Waals surface area contributed by atoms with E-state index >= 15 is 0 Å². The molecule has 3 nitrogen and oxygen atoms in total. The normalized spacial score (nSPS) is 14.8. The maximum atomic E-state index is 11.3. The highest BCUT2D eigenvalue weighted by molar-refractivity contribution is 7.89. The summed E-state index contributed by atoms with van der Waals surface area (Å²) in [7, 11) is -3.12. The van der Waals surface area contributed by atoms with E-state index in [0.29, 0.717) is 6.54 Å². The highest BCUT2D eigenvalue weighted by atomic mass is 35.5. The zero-order valence-corrected chi connectivity index (χ0v) is 9.95. The van der Waals surface area contributed by atoms with Gasteiger partial charge in [0, 0.05) is 11.9 Å². The van der Waals surface area contributed by atoms with Gasteiger partial charge in [0.2, 0.25) is 10.0 Å². The van der Waals surface area contributed by atoms with Gasteiger partial charge in [-0.05, 0) is 12.3 Å². The number of hydrogen-bond acceptors (Lipinski definition) is 2. The lowest BCUT2D eigenvalue weighted by atomic mass is 10.3. The third kappa shape index (κ3) is 7.28. The first-order valence-electron chi connectivity index (χ1n) is 4.48. The minimum Gasteiger partial charge on any atom is -0.214 e. The summed E-state index contributed by atoms with van der Waals surface area (Å²) in [5.74, 6) is 0.313. The molecule has 0 aliphatic rings. The van der Waals surface area contributed by atoms with Crippen molar-refractivity contribution in [2.24, 2.45) is 5.92 Å². The third-order valence-corrected chi connectivity index (χ3v) is 3.70. The molecule has 5 heteroatoms. The molecule has 1 unspecified atom stereocenters. The van der Waals surface area contributed by atoms with Crippen molar-refractivity contribution in [2.45, 2.75) is 32.6 Å². The molecular formula is C8H18ClNO2S. The fourth-order valence-corrected chi connectivity index (χ4v) is 2.48. The Bertz CT molecular complexity index is 226. The number of nitrogens with one attached hydrogen (secondary N) is 1.